The van der Waals surface area contributed by atoms with E-state index in [1.807, 2.05) is 11.1 Å². The maximum Gasteiger partial charge on any atom is 0.245 e. The summed E-state index contributed by atoms with van der Waals surface area (Å²) < 4.78 is 0. The summed E-state index contributed by atoms with van der Waals surface area (Å²) in [4.78, 5) is 40.4. The molecule has 2 saturated carbocycles. The second-order valence-electron chi connectivity index (χ2n) is 10.3. The van der Waals surface area contributed by atoms with Crippen molar-refractivity contribution in [3.8, 4) is 0 Å². The minimum Gasteiger partial charge on any atom is -0.355 e. The van der Waals surface area contributed by atoms with Gasteiger partial charge in [-0.2, -0.15) is 4.98 Å². The fourth-order valence-electron chi connectivity index (χ4n) is 6.65. The van der Waals surface area contributed by atoms with Crippen LogP contribution in [0.25, 0.3) is 0 Å². The first kappa shape index (κ1) is 19.5. The highest BCUT2D eigenvalue weighted by Crippen LogP contribution is 2.71. The number of carbonyl (C=O) groups excluding carboxylic acids is 2. The van der Waals surface area contributed by atoms with Crippen molar-refractivity contribution in [2.75, 3.05) is 29.9 Å². The number of likely N-dealkylation sites (tertiary alicyclic amines) is 1. The first-order valence-corrected chi connectivity index (χ1v) is 12.0. The summed E-state index contributed by atoms with van der Waals surface area (Å²) in [6.45, 7) is 7.23. The molecule has 8 heteroatoms. The van der Waals surface area contributed by atoms with Crippen molar-refractivity contribution in [3.05, 3.63) is 11.8 Å². The quantitative estimate of drug-likeness (QED) is 0.718. The van der Waals surface area contributed by atoms with Gasteiger partial charge in [-0.25, -0.2) is 4.98 Å². The molecular formula is C23H32N6O2. The van der Waals surface area contributed by atoms with Crippen LogP contribution in [0.2, 0.25) is 0 Å². The van der Waals surface area contributed by atoms with Gasteiger partial charge in [-0.05, 0) is 39.5 Å². The van der Waals surface area contributed by atoms with E-state index in [9.17, 15) is 9.59 Å². The van der Waals surface area contributed by atoms with Gasteiger partial charge in [0.15, 0.2) is 0 Å². The predicted octanol–water partition coefficient (Wildman–Crippen LogP) is 1.88. The molecule has 3 aliphatic heterocycles. The van der Waals surface area contributed by atoms with Crippen LogP contribution in [0.5, 0.6) is 0 Å². The van der Waals surface area contributed by atoms with E-state index in [4.69, 9.17) is 4.98 Å². The topological polar surface area (TPSA) is 90.5 Å². The second kappa shape index (κ2) is 6.89. The van der Waals surface area contributed by atoms with Gasteiger partial charge in [0, 0.05) is 61.4 Å². The van der Waals surface area contributed by atoms with Crippen LogP contribution >= 0.6 is 0 Å². The zero-order valence-corrected chi connectivity index (χ0v) is 18.4. The number of fused-ring (bicyclic) bond motifs is 3. The van der Waals surface area contributed by atoms with E-state index in [0.717, 1.165) is 63.0 Å². The summed E-state index contributed by atoms with van der Waals surface area (Å²) in [7, 11) is 0. The Kier molecular flexibility index (Phi) is 4.32. The minimum atomic E-state index is -0.891. The van der Waals surface area contributed by atoms with Crippen LogP contribution in [0.15, 0.2) is 6.20 Å². The zero-order chi connectivity index (χ0) is 21.3. The zero-order valence-electron chi connectivity index (χ0n) is 18.4. The number of hydrogen-bond acceptors (Lipinski definition) is 6. The smallest absolute Gasteiger partial charge is 0.245 e. The lowest BCUT2D eigenvalue weighted by Crippen LogP contribution is -2.51. The third kappa shape index (κ3) is 2.69. The van der Waals surface area contributed by atoms with Crippen molar-refractivity contribution in [1.29, 1.82) is 0 Å². The second-order valence-corrected chi connectivity index (χ2v) is 10.3. The molecule has 0 bridgehead atoms. The molecule has 4 fully saturated rings. The van der Waals surface area contributed by atoms with Crippen LogP contribution in [-0.4, -0.2) is 64.4 Å². The maximum atomic E-state index is 13.7. The van der Waals surface area contributed by atoms with Gasteiger partial charge in [-0.3, -0.25) is 14.5 Å². The molecule has 1 aromatic heterocycles. The van der Waals surface area contributed by atoms with Crippen molar-refractivity contribution < 1.29 is 9.59 Å². The molecule has 1 spiro atoms. The van der Waals surface area contributed by atoms with Gasteiger partial charge in [0.2, 0.25) is 17.8 Å². The molecule has 2 unspecified atom stereocenters. The maximum absolute atomic E-state index is 13.7. The summed E-state index contributed by atoms with van der Waals surface area (Å²) in [5, 5.41) is 6.45. The van der Waals surface area contributed by atoms with Crippen LogP contribution in [0, 0.1) is 11.3 Å². The number of aromatic nitrogens is 2. The molecule has 2 saturated heterocycles. The average molecular weight is 425 g/mol. The van der Waals surface area contributed by atoms with E-state index in [0.29, 0.717) is 24.6 Å². The molecular weight excluding hydrogens is 392 g/mol. The number of hydrogen-bond donors (Lipinski definition) is 2. The summed E-state index contributed by atoms with van der Waals surface area (Å²) >= 11 is 0. The molecule has 4 heterocycles. The number of nitrogens with one attached hydrogen (secondary N) is 2. The third-order valence-corrected chi connectivity index (χ3v) is 8.44. The lowest BCUT2D eigenvalue weighted by molar-refractivity contribution is -0.135. The number of anilines is 2. The van der Waals surface area contributed by atoms with E-state index in [1.165, 1.54) is 0 Å². The predicted molar refractivity (Wildman–Crippen MR) is 117 cm³/mol. The first-order valence-electron chi connectivity index (χ1n) is 12.0. The van der Waals surface area contributed by atoms with E-state index < -0.39 is 5.41 Å². The lowest BCUT2D eigenvalue weighted by Gasteiger charge is -2.37. The third-order valence-electron chi connectivity index (χ3n) is 8.44. The molecule has 2 N–H and O–H groups in total. The molecule has 31 heavy (non-hydrogen) atoms. The van der Waals surface area contributed by atoms with Gasteiger partial charge in [0.05, 0.1) is 0 Å². The average Bonchev–Trinajstić information content (AvgIpc) is 3.02. The van der Waals surface area contributed by atoms with E-state index in [-0.39, 0.29) is 29.7 Å². The van der Waals surface area contributed by atoms with Crippen molar-refractivity contribution >= 4 is 23.6 Å². The Labute approximate surface area is 183 Å². The van der Waals surface area contributed by atoms with Gasteiger partial charge in [0.1, 0.15) is 11.2 Å². The largest absolute Gasteiger partial charge is 0.355 e. The van der Waals surface area contributed by atoms with Gasteiger partial charge in [-0.1, -0.05) is 12.8 Å². The standard InChI is InChI=1S/C23H32N6O2/c1-13(2)28-9-7-14(8-10-28)26-22-25-11-16-18-17-12-24-20(30)23(17,18)21(31)29(19(16)27-22)15-5-3-4-6-15/h11,13-15,17-18H,3-10,12H2,1-2H3,(H,24,30)(H,25,26,27)/t17?,18?,23-/m1/s1. The minimum absolute atomic E-state index is 0.0215. The fraction of sp³-hybridized carbons (Fsp3) is 0.739. The lowest BCUT2D eigenvalue weighted by atomic mass is 9.92. The molecule has 1 aromatic rings. The summed E-state index contributed by atoms with van der Waals surface area (Å²) in [6, 6.07) is 1.08. The van der Waals surface area contributed by atoms with Crippen LogP contribution in [0.4, 0.5) is 11.8 Å². The van der Waals surface area contributed by atoms with Crippen LogP contribution in [0.1, 0.15) is 63.9 Å². The summed E-state index contributed by atoms with van der Waals surface area (Å²) in [6.07, 6.45) is 8.24. The molecule has 6 rings (SSSR count). The molecule has 3 atom stereocenters. The Morgan fingerprint density at radius 3 is 2.61 bits per heavy atom. The van der Waals surface area contributed by atoms with Gasteiger partial charge >= 0.3 is 0 Å². The number of piperidine rings is 2. The molecule has 2 amide bonds. The highest BCUT2D eigenvalue weighted by Gasteiger charge is 2.81. The van der Waals surface area contributed by atoms with Gasteiger partial charge < -0.3 is 15.5 Å². The van der Waals surface area contributed by atoms with Gasteiger partial charge in [0.25, 0.3) is 0 Å². The van der Waals surface area contributed by atoms with Crippen molar-refractivity contribution in [1.82, 2.24) is 20.2 Å². The van der Waals surface area contributed by atoms with Crippen molar-refractivity contribution in [3.63, 3.8) is 0 Å². The number of rotatable bonds is 4. The Morgan fingerprint density at radius 1 is 1.16 bits per heavy atom. The Hall–Kier alpha value is -2.22. The SMILES string of the molecule is CC(C)N1CCC(Nc2ncc3c(n2)N(C2CCCC2)C(=O)[C@]24C(=O)NCC2C34)CC1. The molecule has 2 aliphatic carbocycles. The molecule has 0 radical (unpaired) electrons. The Morgan fingerprint density at radius 2 is 1.90 bits per heavy atom. The van der Waals surface area contributed by atoms with E-state index >= 15 is 0 Å². The summed E-state index contributed by atoms with van der Waals surface area (Å²) in [5.74, 6) is 1.26. The Balaban J connectivity index is 1.30. The fourth-order valence-corrected chi connectivity index (χ4v) is 6.65. The normalized spacial score (nSPS) is 33.3. The van der Waals surface area contributed by atoms with Crippen molar-refractivity contribution in [2.24, 2.45) is 11.3 Å². The van der Waals surface area contributed by atoms with Crippen LogP contribution in [-0.2, 0) is 9.59 Å². The number of carbonyl (C=O) groups is 2. The monoisotopic (exact) mass is 424 g/mol. The van der Waals surface area contributed by atoms with Crippen molar-refractivity contribution in [2.45, 2.75) is 76.4 Å². The van der Waals surface area contributed by atoms with Crippen LogP contribution < -0.4 is 15.5 Å². The number of nitrogens with zero attached hydrogens (tertiary/aromatic N) is 4. The molecule has 5 aliphatic rings. The first-order chi connectivity index (χ1) is 15.0. The highest BCUT2D eigenvalue weighted by molar-refractivity contribution is 6.19. The van der Waals surface area contributed by atoms with E-state index in [2.05, 4.69) is 34.4 Å². The molecule has 166 valence electrons. The molecule has 0 aromatic carbocycles. The van der Waals surface area contributed by atoms with E-state index in [1.54, 1.807) is 0 Å². The van der Waals surface area contributed by atoms with Gasteiger partial charge in [-0.15, -0.1) is 0 Å². The Bertz CT molecular complexity index is 921. The highest BCUT2D eigenvalue weighted by atomic mass is 16.2. The summed E-state index contributed by atoms with van der Waals surface area (Å²) in [5.41, 5.74) is 0.101. The molecule has 8 nitrogen and oxygen atoms in total. The number of amides is 2. The van der Waals surface area contributed by atoms with Crippen LogP contribution in [0.3, 0.4) is 0 Å².